The van der Waals surface area contributed by atoms with Gasteiger partial charge in [0.15, 0.2) is 0 Å². The Labute approximate surface area is 84.0 Å². The summed E-state index contributed by atoms with van der Waals surface area (Å²) in [5, 5.41) is 6.16. The topological polar surface area (TPSA) is 41.1 Å². The minimum Gasteiger partial charge on any atom is -0.355 e. The molecule has 0 saturated carbocycles. The average Bonchev–Trinajstić information content (AvgIpc) is 2.01. The van der Waals surface area contributed by atoms with Gasteiger partial charge in [0.2, 0.25) is 5.91 Å². The zero-order valence-electron chi connectivity index (χ0n) is 8.30. The van der Waals surface area contributed by atoms with Gasteiger partial charge in [0.05, 0.1) is 0 Å². The van der Waals surface area contributed by atoms with Gasteiger partial charge >= 0.3 is 0 Å². The van der Waals surface area contributed by atoms with Crippen LogP contribution in [0, 0.1) is 11.8 Å². The van der Waals surface area contributed by atoms with Crippen LogP contribution in [-0.2, 0) is 4.79 Å². The zero-order chi connectivity index (χ0) is 9.68. The molecule has 0 aromatic rings. The molecule has 1 atom stereocenters. The highest BCUT2D eigenvalue weighted by Crippen LogP contribution is 2.05. The van der Waals surface area contributed by atoms with Crippen LogP contribution in [0.15, 0.2) is 0 Å². The highest BCUT2D eigenvalue weighted by Gasteiger charge is 2.18. The number of thioether (sulfide) groups is 1. The molecule has 0 aromatic heterocycles. The summed E-state index contributed by atoms with van der Waals surface area (Å²) >= 11 is 1.72. The zero-order valence-corrected chi connectivity index (χ0v) is 9.12. The summed E-state index contributed by atoms with van der Waals surface area (Å²) in [6, 6.07) is 0. The number of carbonyl (C=O) groups is 1. The van der Waals surface area contributed by atoms with Crippen LogP contribution in [0.5, 0.6) is 0 Å². The van der Waals surface area contributed by atoms with E-state index in [0.29, 0.717) is 5.92 Å². The highest BCUT2D eigenvalue weighted by molar-refractivity contribution is 7.98. The van der Waals surface area contributed by atoms with Gasteiger partial charge in [-0.25, -0.2) is 0 Å². The van der Waals surface area contributed by atoms with Gasteiger partial charge in [0, 0.05) is 37.2 Å². The lowest BCUT2D eigenvalue weighted by atomic mass is 10.0. The standard InChI is InChI=1S/C9H18N2OS/c1-7(6-13-2)9(12)11-5-8-3-10-4-8/h7-8,10H,3-6H2,1-2H3,(H,11,12). The molecule has 1 aliphatic rings. The van der Waals surface area contributed by atoms with E-state index in [4.69, 9.17) is 0 Å². The van der Waals surface area contributed by atoms with Crippen molar-refractivity contribution in [2.75, 3.05) is 31.6 Å². The van der Waals surface area contributed by atoms with E-state index in [1.165, 1.54) is 0 Å². The molecule has 1 unspecified atom stereocenters. The number of nitrogens with one attached hydrogen (secondary N) is 2. The molecule has 13 heavy (non-hydrogen) atoms. The summed E-state index contributed by atoms with van der Waals surface area (Å²) in [6.45, 7) is 4.92. The predicted octanol–water partition coefficient (Wildman–Crippen LogP) is 0.321. The van der Waals surface area contributed by atoms with Crippen molar-refractivity contribution < 1.29 is 4.79 Å². The summed E-state index contributed by atoms with van der Waals surface area (Å²) in [6.07, 6.45) is 2.03. The van der Waals surface area contributed by atoms with Crippen LogP contribution in [0.1, 0.15) is 6.92 Å². The summed E-state index contributed by atoms with van der Waals surface area (Å²) in [7, 11) is 0. The summed E-state index contributed by atoms with van der Waals surface area (Å²) in [5.74, 6) is 1.91. The molecular formula is C9H18N2OS. The Bertz CT molecular complexity index is 171. The van der Waals surface area contributed by atoms with Crippen molar-refractivity contribution in [1.29, 1.82) is 0 Å². The number of hydrogen-bond donors (Lipinski definition) is 2. The van der Waals surface area contributed by atoms with E-state index in [1.54, 1.807) is 11.8 Å². The molecule has 1 saturated heterocycles. The molecule has 1 rings (SSSR count). The first kappa shape index (κ1) is 10.9. The van der Waals surface area contributed by atoms with Crippen molar-refractivity contribution in [2.45, 2.75) is 6.92 Å². The summed E-state index contributed by atoms with van der Waals surface area (Å²) in [5.41, 5.74) is 0. The Morgan fingerprint density at radius 3 is 2.85 bits per heavy atom. The van der Waals surface area contributed by atoms with Crippen LogP contribution in [0.2, 0.25) is 0 Å². The van der Waals surface area contributed by atoms with Gasteiger partial charge < -0.3 is 10.6 Å². The highest BCUT2D eigenvalue weighted by atomic mass is 32.2. The molecule has 0 spiro atoms. The molecule has 1 amide bonds. The SMILES string of the molecule is CSCC(C)C(=O)NCC1CNC1. The van der Waals surface area contributed by atoms with E-state index in [9.17, 15) is 4.79 Å². The number of amides is 1. The van der Waals surface area contributed by atoms with Crippen LogP contribution in [0.25, 0.3) is 0 Å². The Kier molecular flexibility index (Phi) is 4.59. The maximum Gasteiger partial charge on any atom is 0.223 e. The monoisotopic (exact) mass is 202 g/mol. The fourth-order valence-electron chi connectivity index (χ4n) is 1.24. The molecular weight excluding hydrogens is 184 g/mol. The van der Waals surface area contributed by atoms with E-state index in [1.807, 2.05) is 13.2 Å². The minimum atomic E-state index is 0.142. The molecule has 1 heterocycles. The van der Waals surface area contributed by atoms with Crippen molar-refractivity contribution >= 4 is 17.7 Å². The van der Waals surface area contributed by atoms with Gasteiger partial charge in [-0.2, -0.15) is 11.8 Å². The van der Waals surface area contributed by atoms with Crippen LogP contribution in [0.3, 0.4) is 0 Å². The lowest BCUT2D eigenvalue weighted by Gasteiger charge is -2.27. The third-order valence-corrected chi connectivity index (χ3v) is 3.13. The Morgan fingerprint density at radius 1 is 1.69 bits per heavy atom. The van der Waals surface area contributed by atoms with E-state index < -0.39 is 0 Å². The maximum absolute atomic E-state index is 11.4. The van der Waals surface area contributed by atoms with Crippen molar-refractivity contribution in [2.24, 2.45) is 11.8 Å². The number of hydrogen-bond acceptors (Lipinski definition) is 3. The fourth-order valence-corrected chi connectivity index (χ4v) is 1.89. The predicted molar refractivity (Wildman–Crippen MR) is 56.9 cm³/mol. The van der Waals surface area contributed by atoms with Gasteiger partial charge in [-0.3, -0.25) is 4.79 Å². The van der Waals surface area contributed by atoms with Crippen molar-refractivity contribution in [1.82, 2.24) is 10.6 Å². The average molecular weight is 202 g/mol. The molecule has 76 valence electrons. The molecule has 0 aliphatic carbocycles. The van der Waals surface area contributed by atoms with Crippen LogP contribution in [0.4, 0.5) is 0 Å². The van der Waals surface area contributed by atoms with Crippen LogP contribution >= 0.6 is 11.8 Å². The molecule has 1 aliphatic heterocycles. The van der Waals surface area contributed by atoms with E-state index in [-0.39, 0.29) is 11.8 Å². The van der Waals surface area contributed by atoms with Gasteiger partial charge in [-0.15, -0.1) is 0 Å². The first-order chi connectivity index (χ1) is 6.24. The molecule has 0 radical (unpaired) electrons. The lowest BCUT2D eigenvalue weighted by Crippen LogP contribution is -2.48. The number of rotatable bonds is 5. The second kappa shape index (κ2) is 5.50. The third kappa shape index (κ3) is 3.56. The van der Waals surface area contributed by atoms with Crippen LogP contribution in [-0.4, -0.2) is 37.6 Å². The summed E-state index contributed by atoms with van der Waals surface area (Å²) < 4.78 is 0. The molecule has 4 heteroatoms. The first-order valence-electron chi connectivity index (χ1n) is 4.71. The molecule has 2 N–H and O–H groups in total. The van der Waals surface area contributed by atoms with E-state index in [0.717, 1.165) is 25.4 Å². The van der Waals surface area contributed by atoms with Crippen molar-refractivity contribution in [3.05, 3.63) is 0 Å². The second-order valence-electron chi connectivity index (χ2n) is 3.63. The summed E-state index contributed by atoms with van der Waals surface area (Å²) in [4.78, 5) is 11.4. The largest absolute Gasteiger partial charge is 0.355 e. The molecule has 0 aromatic carbocycles. The second-order valence-corrected chi connectivity index (χ2v) is 4.54. The van der Waals surface area contributed by atoms with Gasteiger partial charge in [-0.1, -0.05) is 6.92 Å². The van der Waals surface area contributed by atoms with E-state index in [2.05, 4.69) is 10.6 Å². The fraction of sp³-hybridized carbons (Fsp3) is 0.889. The quantitative estimate of drug-likeness (QED) is 0.674. The smallest absolute Gasteiger partial charge is 0.223 e. The Hall–Kier alpha value is -0.220. The Balaban J connectivity index is 2.08. The van der Waals surface area contributed by atoms with Gasteiger partial charge in [-0.05, 0) is 6.26 Å². The normalized spacial score (nSPS) is 19.2. The van der Waals surface area contributed by atoms with E-state index >= 15 is 0 Å². The van der Waals surface area contributed by atoms with Crippen LogP contribution < -0.4 is 10.6 Å². The first-order valence-corrected chi connectivity index (χ1v) is 6.10. The molecule has 1 fully saturated rings. The number of carbonyl (C=O) groups excluding carboxylic acids is 1. The molecule has 0 bridgehead atoms. The Morgan fingerprint density at radius 2 is 2.38 bits per heavy atom. The minimum absolute atomic E-state index is 0.142. The van der Waals surface area contributed by atoms with Gasteiger partial charge in [0.25, 0.3) is 0 Å². The van der Waals surface area contributed by atoms with Crippen molar-refractivity contribution in [3.8, 4) is 0 Å². The maximum atomic E-state index is 11.4. The van der Waals surface area contributed by atoms with Crippen molar-refractivity contribution in [3.63, 3.8) is 0 Å². The third-order valence-electron chi connectivity index (χ3n) is 2.30. The molecule has 3 nitrogen and oxygen atoms in total. The lowest BCUT2D eigenvalue weighted by molar-refractivity contribution is -0.124. The van der Waals surface area contributed by atoms with Gasteiger partial charge in [0.1, 0.15) is 0 Å².